The Kier molecular flexibility index (Phi) is 6.02. The number of alkyl halides is 1. The van der Waals surface area contributed by atoms with Gasteiger partial charge in [0.25, 0.3) is 5.91 Å². The number of quaternary nitrogens is 1. The number of sulfone groups is 1. The minimum atomic E-state index is -3.11. The van der Waals surface area contributed by atoms with Crippen LogP contribution in [0.5, 0.6) is 0 Å². The third-order valence-electron chi connectivity index (χ3n) is 5.22. The third-order valence-corrected chi connectivity index (χ3v) is 7.60. The molecule has 0 radical (unpaired) electrons. The molecule has 0 saturated carbocycles. The molecule has 25 heavy (non-hydrogen) atoms. The summed E-state index contributed by atoms with van der Waals surface area (Å²) in [5, 5.41) is 2.30. The average Bonchev–Trinajstić information content (AvgIpc) is 2.82. The number of halogens is 1. The summed E-state index contributed by atoms with van der Waals surface area (Å²) in [6.45, 7) is 2.37. The molecule has 2 fully saturated rings. The predicted octanol–water partition coefficient (Wildman–Crippen LogP) is 0.0446. The molecule has 0 spiro atoms. The lowest BCUT2D eigenvalue weighted by atomic mass is 9.90. The maximum Gasteiger partial charge on any atom is 0.275 e. The van der Waals surface area contributed by atoms with Gasteiger partial charge in [0.2, 0.25) is 0 Å². The van der Waals surface area contributed by atoms with E-state index in [-0.39, 0.29) is 17.4 Å². The topological polar surface area (TPSA) is 67.7 Å². The molecule has 5 nitrogen and oxygen atoms in total. The van der Waals surface area contributed by atoms with Crippen LogP contribution < -0.4 is 10.2 Å². The Morgan fingerprint density at radius 1 is 1.16 bits per heavy atom. The van der Waals surface area contributed by atoms with Crippen LogP contribution in [0.1, 0.15) is 18.4 Å². The highest BCUT2D eigenvalue weighted by Crippen LogP contribution is 2.18. The molecule has 0 aromatic heterocycles. The Morgan fingerprint density at radius 3 is 2.44 bits per heavy atom. The first kappa shape index (κ1) is 18.7. The van der Waals surface area contributed by atoms with Crippen LogP contribution in [-0.2, 0) is 21.1 Å². The minimum Gasteiger partial charge on any atom is -0.346 e. The molecule has 2 heterocycles. The fourth-order valence-corrected chi connectivity index (χ4v) is 6.39. The van der Waals surface area contributed by atoms with Gasteiger partial charge in [-0.05, 0) is 30.7 Å². The number of nitrogens with one attached hydrogen (secondary N) is 2. The van der Waals surface area contributed by atoms with Crippen molar-refractivity contribution in [3.8, 4) is 0 Å². The van der Waals surface area contributed by atoms with E-state index in [0.29, 0.717) is 12.5 Å². The van der Waals surface area contributed by atoms with Gasteiger partial charge in [0, 0.05) is 0 Å². The fourth-order valence-electron chi connectivity index (χ4n) is 3.84. The third kappa shape index (κ3) is 5.43. The molecule has 2 atom stereocenters. The lowest BCUT2D eigenvalue weighted by Gasteiger charge is -2.29. The number of rotatable bonds is 5. The number of likely N-dealkylation sites (tertiary alicyclic amines) is 1. The first-order chi connectivity index (χ1) is 11.9. The second-order valence-corrected chi connectivity index (χ2v) is 10.0. The molecule has 1 amide bonds. The molecule has 7 heteroatoms. The van der Waals surface area contributed by atoms with Gasteiger partial charge in [0.1, 0.15) is 0 Å². The molecule has 0 bridgehead atoms. The molecular formula is C18H26ClN2O3S+. The summed E-state index contributed by atoms with van der Waals surface area (Å²) in [5.41, 5.74) is 1.38. The molecule has 0 aliphatic carbocycles. The van der Waals surface area contributed by atoms with Crippen LogP contribution in [0.3, 0.4) is 0 Å². The summed E-state index contributed by atoms with van der Waals surface area (Å²) in [5.74, 6) is 0.504. The van der Waals surface area contributed by atoms with E-state index in [1.54, 1.807) is 0 Å². The van der Waals surface area contributed by atoms with Crippen LogP contribution in [0.15, 0.2) is 30.3 Å². The van der Waals surface area contributed by atoms with Gasteiger partial charge in [-0.1, -0.05) is 30.3 Å². The molecular weight excluding hydrogens is 360 g/mol. The molecule has 2 aliphatic rings. The van der Waals surface area contributed by atoms with Crippen molar-refractivity contribution in [3.05, 3.63) is 35.9 Å². The van der Waals surface area contributed by atoms with Gasteiger partial charge in [-0.2, -0.15) is 0 Å². The van der Waals surface area contributed by atoms with Crippen molar-refractivity contribution in [3.63, 3.8) is 0 Å². The van der Waals surface area contributed by atoms with Crippen LogP contribution in [-0.4, -0.2) is 56.9 Å². The van der Waals surface area contributed by atoms with E-state index < -0.39 is 21.3 Å². The quantitative estimate of drug-likeness (QED) is 0.703. The number of hydrogen-bond acceptors (Lipinski definition) is 3. The van der Waals surface area contributed by atoms with E-state index in [4.69, 9.17) is 11.6 Å². The van der Waals surface area contributed by atoms with E-state index >= 15 is 0 Å². The van der Waals surface area contributed by atoms with Crippen molar-refractivity contribution < 1.29 is 18.1 Å². The van der Waals surface area contributed by atoms with E-state index in [9.17, 15) is 13.2 Å². The highest BCUT2D eigenvalue weighted by Gasteiger charge is 2.37. The number of hydrogen-bond donors (Lipinski definition) is 2. The predicted molar refractivity (Wildman–Crippen MR) is 98.7 cm³/mol. The lowest BCUT2D eigenvalue weighted by molar-refractivity contribution is -0.898. The van der Waals surface area contributed by atoms with Gasteiger partial charge in [-0.3, -0.25) is 4.79 Å². The van der Waals surface area contributed by atoms with Crippen LogP contribution in [0, 0.1) is 5.92 Å². The molecule has 1 aromatic rings. The van der Waals surface area contributed by atoms with Gasteiger partial charge < -0.3 is 10.2 Å². The second kappa shape index (κ2) is 8.06. The van der Waals surface area contributed by atoms with Crippen molar-refractivity contribution in [1.82, 2.24) is 5.32 Å². The van der Waals surface area contributed by atoms with Gasteiger partial charge in [0.15, 0.2) is 16.4 Å². The van der Waals surface area contributed by atoms with Gasteiger partial charge in [-0.25, -0.2) is 8.42 Å². The van der Waals surface area contributed by atoms with Crippen LogP contribution in [0.2, 0.25) is 0 Å². The molecule has 0 unspecified atom stereocenters. The highest BCUT2D eigenvalue weighted by atomic mass is 35.5. The largest absolute Gasteiger partial charge is 0.346 e. The summed E-state index contributed by atoms with van der Waals surface area (Å²) < 4.78 is 23.1. The molecule has 2 N–H and O–H groups in total. The Balaban J connectivity index is 1.41. The van der Waals surface area contributed by atoms with E-state index in [1.165, 1.54) is 10.5 Å². The van der Waals surface area contributed by atoms with Crippen molar-refractivity contribution in [2.75, 3.05) is 31.1 Å². The summed E-state index contributed by atoms with van der Waals surface area (Å²) in [4.78, 5) is 13.5. The number of carbonyl (C=O) groups excluding carboxylic acids is 1. The zero-order chi connectivity index (χ0) is 17.9. The molecule has 2 aliphatic heterocycles. The Labute approximate surface area is 154 Å². The molecule has 3 rings (SSSR count). The lowest BCUT2D eigenvalue weighted by Crippen LogP contribution is -3.14. The van der Waals surface area contributed by atoms with E-state index in [1.807, 2.05) is 6.07 Å². The monoisotopic (exact) mass is 385 g/mol. The van der Waals surface area contributed by atoms with Crippen molar-refractivity contribution in [2.45, 2.75) is 30.7 Å². The van der Waals surface area contributed by atoms with Crippen molar-refractivity contribution in [1.29, 1.82) is 0 Å². The fraction of sp³-hybridized carbons (Fsp3) is 0.611. The average molecular weight is 386 g/mol. The Morgan fingerprint density at radius 2 is 1.84 bits per heavy atom. The SMILES string of the molecule is O=C(C[NH+]1CCC(Cc2ccccc2)CC1)N[C@H]1CS(=O)(=O)C[C@@H]1Cl. The summed E-state index contributed by atoms with van der Waals surface area (Å²) >= 11 is 6.05. The van der Waals surface area contributed by atoms with Gasteiger partial charge in [-0.15, -0.1) is 11.6 Å². The number of amides is 1. The van der Waals surface area contributed by atoms with E-state index in [0.717, 1.165) is 32.4 Å². The van der Waals surface area contributed by atoms with E-state index in [2.05, 4.69) is 29.6 Å². The first-order valence-corrected chi connectivity index (χ1v) is 11.2. The maximum atomic E-state index is 12.2. The standard InChI is InChI=1S/C18H25ClN2O3S/c19-16-12-25(23,24)13-17(16)20-18(22)11-21-8-6-15(7-9-21)10-14-4-2-1-3-5-14/h1-5,15-17H,6-13H2,(H,20,22)/p+1/t16-,17-/m0/s1. The summed E-state index contributed by atoms with van der Waals surface area (Å²) in [6, 6.07) is 10.1. The molecule has 1 aromatic carbocycles. The van der Waals surface area contributed by atoms with Gasteiger partial charge in [0.05, 0.1) is 36.0 Å². The molecule has 2 saturated heterocycles. The number of piperidine rings is 1. The zero-order valence-corrected chi connectivity index (χ0v) is 15.9. The van der Waals surface area contributed by atoms with Crippen molar-refractivity contribution >= 4 is 27.3 Å². The Bertz CT molecular complexity index is 688. The number of benzene rings is 1. The molecule has 138 valence electrons. The van der Waals surface area contributed by atoms with Crippen LogP contribution in [0.4, 0.5) is 0 Å². The first-order valence-electron chi connectivity index (χ1n) is 8.92. The smallest absolute Gasteiger partial charge is 0.275 e. The summed E-state index contributed by atoms with van der Waals surface area (Å²) in [6.07, 6.45) is 3.34. The van der Waals surface area contributed by atoms with Crippen LogP contribution in [0.25, 0.3) is 0 Å². The van der Waals surface area contributed by atoms with Crippen molar-refractivity contribution in [2.24, 2.45) is 5.92 Å². The number of carbonyl (C=O) groups is 1. The van der Waals surface area contributed by atoms with Gasteiger partial charge >= 0.3 is 0 Å². The maximum absolute atomic E-state index is 12.2. The highest BCUT2D eigenvalue weighted by molar-refractivity contribution is 7.91. The summed E-state index contributed by atoms with van der Waals surface area (Å²) in [7, 11) is -3.11. The van der Waals surface area contributed by atoms with Crippen LogP contribution >= 0.6 is 11.6 Å². The zero-order valence-electron chi connectivity index (χ0n) is 14.3. The normalized spacial score (nSPS) is 31.6. The minimum absolute atomic E-state index is 0.0403. The Hall–Kier alpha value is -1.11. The second-order valence-electron chi connectivity index (χ2n) is 7.33.